The van der Waals surface area contributed by atoms with E-state index in [2.05, 4.69) is 15.0 Å². The van der Waals surface area contributed by atoms with Crippen molar-refractivity contribution >= 4 is 5.91 Å². The van der Waals surface area contributed by atoms with Crippen molar-refractivity contribution in [2.45, 2.75) is 43.9 Å². The number of halogens is 4. The molecule has 6 nitrogen and oxygen atoms in total. The molecule has 2 saturated heterocycles. The third-order valence-corrected chi connectivity index (χ3v) is 6.26. The Balaban J connectivity index is 1.38. The van der Waals surface area contributed by atoms with Gasteiger partial charge in [-0.25, -0.2) is 14.4 Å². The number of oxazole rings is 1. The molecule has 5 rings (SSSR count). The van der Waals surface area contributed by atoms with Crippen LogP contribution in [0.2, 0.25) is 0 Å². The molecule has 3 unspecified atom stereocenters. The molecule has 2 aliphatic heterocycles. The summed E-state index contributed by atoms with van der Waals surface area (Å²) in [5, 5.41) is 0. The molecular formula is C22H18F4N4O2. The second-order valence-corrected chi connectivity index (χ2v) is 8.10. The summed E-state index contributed by atoms with van der Waals surface area (Å²) in [6, 6.07) is 4.17. The van der Waals surface area contributed by atoms with Crippen LogP contribution in [0, 0.1) is 11.7 Å². The Morgan fingerprint density at radius 2 is 2.00 bits per heavy atom. The fraction of sp³-hybridized carbons (Fsp3) is 0.364. The van der Waals surface area contributed by atoms with Crippen molar-refractivity contribution in [1.29, 1.82) is 0 Å². The van der Waals surface area contributed by atoms with Gasteiger partial charge >= 0.3 is 6.18 Å². The third-order valence-electron chi connectivity index (χ3n) is 6.26. The van der Waals surface area contributed by atoms with E-state index in [1.807, 2.05) is 0 Å². The summed E-state index contributed by atoms with van der Waals surface area (Å²) < 4.78 is 58.0. The number of fused-ring (bicyclic) bond motifs is 2. The van der Waals surface area contributed by atoms with Crippen LogP contribution < -0.4 is 0 Å². The molecule has 0 N–H and O–H groups in total. The predicted molar refractivity (Wildman–Crippen MR) is 104 cm³/mol. The summed E-state index contributed by atoms with van der Waals surface area (Å²) in [6.45, 7) is 0. The van der Waals surface area contributed by atoms with Crippen LogP contribution in [0.5, 0.6) is 0 Å². The van der Waals surface area contributed by atoms with Gasteiger partial charge in [0.05, 0.1) is 29.2 Å². The van der Waals surface area contributed by atoms with Crippen LogP contribution in [-0.2, 0) is 12.6 Å². The molecule has 166 valence electrons. The number of rotatable bonds is 4. The minimum Gasteiger partial charge on any atom is -0.444 e. The molecule has 1 aromatic carbocycles. The van der Waals surface area contributed by atoms with Gasteiger partial charge in [-0.2, -0.15) is 13.2 Å². The van der Waals surface area contributed by atoms with Crippen molar-refractivity contribution in [3.63, 3.8) is 0 Å². The first kappa shape index (κ1) is 20.6. The highest BCUT2D eigenvalue weighted by molar-refractivity contribution is 6.00. The van der Waals surface area contributed by atoms with Gasteiger partial charge in [0.25, 0.3) is 5.91 Å². The Morgan fingerprint density at radius 1 is 1.16 bits per heavy atom. The highest BCUT2D eigenvalue weighted by atomic mass is 19.4. The number of alkyl halides is 3. The Bertz CT molecular complexity index is 1130. The fourth-order valence-corrected chi connectivity index (χ4v) is 4.93. The van der Waals surface area contributed by atoms with Gasteiger partial charge in [-0.3, -0.25) is 9.78 Å². The molecule has 2 aliphatic rings. The third kappa shape index (κ3) is 3.53. The lowest BCUT2D eigenvalue weighted by Gasteiger charge is -2.25. The largest absolute Gasteiger partial charge is 0.444 e. The zero-order valence-corrected chi connectivity index (χ0v) is 16.7. The number of hydrogen-bond acceptors (Lipinski definition) is 5. The average Bonchev–Trinajstić information content (AvgIpc) is 3.49. The quantitative estimate of drug-likeness (QED) is 0.551. The summed E-state index contributed by atoms with van der Waals surface area (Å²) in [5.41, 5.74) is -0.372. The van der Waals surface area contributed by atoms with Crippen molar-refractivity contribution in [3.05, 3.63) is 65.8 Å². The van der Waals surface area contributed by atoms with E-state index in [-0.39, 0.29) is 40.9 Å². The maximum absolute atomic E-state index is 14.6. The maximum atomic E-state index is 14.6. The molecule has 0 aliphatic carbocycles. The van der Waals surface area contributed by atoms with Gasteiger partial charge in [0.1, 0.15) is 12.1 Å². The summed E-state index contributed by atoms with van der Waals surface area (Å²) in [5.74, 6) is -0.815. The number of nitrogens with zero attached hydrogens (tertiary/aromatic N) is 4. The Labute approximate surface area is 180 Å². The summed E-state index contributed by atoms with van der Waals surface area (Å²) in [7, 11) is 0. The first-order valence-corrected chi connectivity index (χ1v) is 10.2. The van der Waals surface area contributed by atoms with Gasteiger partial charge in [0.15, 0.2) is 5.69 Å². The molecule has 1 amide bonds. The monoisotopic (exact) mass is 446 g/mol. The standard InChI is InChI=1S/C22H18F4N4O2/c23-16-3-1-2-15(19(16)20-27-6-7-32-20)21(31)30-14-4-5-17(30)12(9-14)8-13-10-29-18(11-28-13)22(24,25)26/h1-3,6-7,10-12,14,17H,4-5,8-9H2. The smallest absolute Gasteiger partial charge is 0.434 e. The van der Waals surface area contributed by atoms with Crippen LogP contribution in [-0.4, -0.2) is 37.8 Å². The van der Waals surface area contributed by atoms with E-state index in [1.54, 1.807) is 11.0 Å². The summed E-state index contributed by atoms with van der Waals surface area (Å²) in [4.78, 5) is 26.6. The molecule has 0 saturated carbocycles. The van der Waals surface area contributed by atoms with Crippen molar-refractivity contribution in [2.75, 3.05) is 0 Å². The Morgan fingerprint density at radius 3 is 2.69 bits per heavy atom. The van der Waals surface area contributed by atoms with Crippen LogP contribution in [0.3, 0.4) is 0 Å². The molecule has 3 atom stereocenters. The highest BCUT2D eigenvalue weighted by Crippen LogP contribution is 2.44. The molecule has 3 aromatic rings. The molecule has 0 radical (unpaired) electrons. The maximum Gasteiger partial charge on any atom is 0.434 e. The van der Waals surface area contributed by atoms with Gasteiger partial charge in [0.2, 0.25) is 5.89 Å². The van der Waals surface area contributed by atoms with Crippen LogP contribution >= 0.6 is 0 Å². The molecular weight excluding hydrogens is 428 g/mol. The van der Waals surface area contributed by atoms with E-state index >= 15 is 0 Å². The van der Waals surface area contributed by atoms with Gasteiger partial charge in [-0.15, -0.1) is 0 Å². The molecule has 4 heterocycles. The lowest BCUT2D eigenvalue weighted by atomic mass is 9.86. The van der Waals surface area contributed by atoms with Crippen LogP contribution in [0.4, 0.5) is 17.6 Å². The number of carbonyl (C=O) groups excluding carboxylic acids is 1. The van der Waals surface area contributed by atoms with Crippen molar-refractivity contribution in [2.24, 2.45) is 5.92 Å². The second-order valence-electron chi connectivity index (χ2n) is 8.10. The number of hydrogen-bond donors (Lipinski definition) is 0. The van der Waals surface area contributed by atoms with Crippen molar-refractivity contribution < 1.29 is 26.8 Å². The molecule has 0 spiro atoms. The summed E-state index contributed by atoms with van der Waals surface area (Å²) in [6.07, 6.45) is 2.79. The van der Waals surface area contributed by atoms with Crippen molar-refractivity contribution in [1.82, 2.24) is 19.9 Å². The SMILES string of the molecule is O=C(c1cccc(F)c1-c1ncco1)N1C2CCC1C(Cc1cnc(C(F)(F)F)cn1)C2. The molecule has 2 bridgehead atoms. The lowest BCUT2D eigenvalue weighted by molar-refractivity contribution is -0.141. The zero-order valence-electron chi connectivity index (χ0n) is 16.7. The first-order valence-electron chi connectivity index (χ1n) is 10.2. The second kappa shape index (κ2) is 7.68. The average molecular weight is 446 g/mol. The van der Waals surface area contributed by atoms with E-state index in [9.17, 15) is 22.4 Å². The van der Waals surface area contributed by atoms with Gasteiger partial charge in [-0.1, -0.05) is 6.07 Å². The van der Waals surface area contributed by atoms with Crippen molar-refractivity contribution in [3.8, 4) is 11.5 Å². The van der Waals surface area contributed by atoms with Gasteiger partial charge in [0, 0.05) is 18.3 Å². The number of aromatic nitrogens is 3. The van der Waals surface area contributed by atoms with Gasteiger partial charge < -0.3 is 9.32 Å². The first-order chi connectivity index (χ1) is 15.3. The molecule has 2 aromatic heterocycles. The Hall–Kier alpha value is -3.30. The number of carbonyl (C=O) groups is 1. The van der Waals surface area contributed by atoms with E-state index < -0.39 is 17.7 Å². The molecule has 32 heavy (non-hydrogen) atoms. The van der Waals surface area contributed by atoms with E-state index in [1.165, 1.54) is 24.6 Å². The minimum atomic E-state index is -4.54. The molecule has 2 fully saturated rings. The highest BCUT2D eigenvalue weighted by Gasteiger charge is 2.49. The lowest BCUT2D eigenvalue weighted by Crippen LogP contribution is -2.37. The zero-order chi connectivity index (χ0) is 22.5. The van der Waals surface area contributed by atoms with E-state index in [0.29, 0.717) is 18.5 Å². The molecule has 10 heteroatoms. The van der Waals surface area contributed by atoms with Crippen LogP contribution in [0.1, 0.15) is 41.0 Å². The predicted octanol–water partition coefficient (Wildman–Crippen LogP) is 4.53. The number of amides is 1. The minimum absolute atomic E-state index is 0.0133. The normalized spacial score (nSPS) is 22.5. The fourth-order valence-electron chi connectivity index (χ4n) is 4.93. The van der Waals surface area contributed by atoms with E-state index in [0.717, 1.165) is 25.2 Å². The van der Waals surface area contributed by atoms with Crippen LogP contribution in [0.15, 0.2) is 47.5 Å². The topological polar surface area (TPSA) is 72.1 Å². The van der Waals surface area contributed by atoms with E-state index in [4.69, 9.17) is 4.42 Å². The van der Waals surface area contributed by atoms with Crippen LogP contribution in [0.25, 0.3) is 11.5 Å². The Kier molecular flexibility index (Phi) is 4.94. The van der Waals surface area contributed by atoms with Gasteiger partial charge in [-0.05, 0) is 43.7 Å². The summed E-state index contributed by atoms with van der Waals surface area (Å²) >= 11 is 0. The number of benzene rings is 1.